The molecule has 0 aliphatic carbocycles. The van der Waals surface area contributed by atoms with Gasteiger partial charge in [-0.1, -0.05) is 36.1 Å². The van der Waals surface area contributed by atoms with Crippen LogP contribution in [0.4, 0.5) is 4.39 Å². The molecular weight excluding hydrogens is 367 g/mol. The summed E-state index contributed by atoms with van der Waals surface area (Å²) in [5, 5.41) is 4.89. The summed E-state index contributed by atoms with van der Waals surface area (Å²) >= 11 is 0. The number of para-hydroxylation sites is 1. The first-order valence-electron chi connectivity index (χ1n) is 9.15. The van der Waals surface area contributed by atoms with Crippen LogP contribution in [0.5, 0.6) is 0 Å². The van der Waals surface area contributed by atoms with Gasteiger partial charge in [-0.2, -0.15) is 5.10 Å². The quantitative estimate of drug-likeness (QED) is 0.538. The Bertz CT molecular complexity index is 1320. The lowest BCUT2D eigenvalue weighted by atomic mass is 10.0. The molecule has 0 fully saturated rings. The van der Waals surface area contributed by atoms with Gasteiger partial charge in [-0.05, 0) is 36.6 Å². The maximum Gasteiger partial charge on any atom is 0.264 e. The van der Waals surface area contributed by atoms with Crippen LogP contribution < -0.4 is 11.3 Å². The number of rotatable bonds is 2. The smallest absolute Gasteiger partial charge is 0.264 e. The maximum atomic E-state index is 14.7. The Morgan fingerprint density at radius 3 is 2.55 bits per heavy atom. The Morgan fingerprint density at radius 1 is 1.14 bits per heavy atom. The van der Waals surface area contributed by atoms with Crippen molar-refractivity contribution < 1.29 is 4.39 Å². The maximum absolute atomic E-state index is 14.7. The molecule has 4 rings (SSSR count). The van der Waals surface area contributed by atoms with Gasteiger partial charge in [0, 0.05) is 30.7 Å². The first-order chi connectivity index (χ1) is 14.0. The van der Waals surface area contributed by atoms with Gasteiger partial charge in [0.15, 0.2) is 0 Å². The van der Waals surface area contributed by atoms with Crippen LogP contribution in [-0.4, -0.2) is 14.3 Å². The second kappa shape index (κ2) is 7.38. The lowest BCUT2D eigenvalue weighted by molar-refractivity contribution is 0.626. The molecule has 0 bridgehead atoms. The van der Waals surface area contributed by atoms with Gasteiger partial charge >= 0.3 is 0 Å². The van der Waals surface area contributed by atoms with Crippen LogP contribution >= 0.6 is 0 Å². The van der Waals surface area contributed by atoms with Gasteiger partial charge in [0.2, 0.25) is 0 Å². The molecule has 0 aliphatic heterocycles. The summed E-state index contributed by atoms with van der Waals surface area (Å²) in [5.74, 6) is 5.18. The molecule has 0 saturated carbocycles. The third kappa shape index (κ3) is 3.44. The van der Waals surface area contributed by atoms with Gasteiger partial charge in [0.25, 0.3) is 5.56 Å². The van der Waals surface area contributed by atoms with Gasteiger partial charge in [-0.15, -0.1) is 0 Å². The summed E-state index contributed by atoms with van der Waals surface area (Å²) in [5.41, 5.74) is 7.81. The number of nitrogens with two attached hydrogens (primary N) is 1. The largest absolute Gasteiger partial charge is 0.323 e. The highest BCUT2D eigenvalue weighted by molar-refractivity contribution is 5.88. The highest BCUT2D eigenvalue weighted by Crippen LogP contribution is 2.23. The molecule has 6 heteroatoms. The van der Waals surface area contributed by atoms with Crippen molar-refractivity contribution >= 4 is 10.8 Å². The van der Waals surface area contributed by atoms with Crippen molar-refractivity contribution in [1.82, 2.24) is 14.3 Å². The molecule has 0 radical (unpaired) electrons. The van der Waals surface area contributed by atoms with E-state index in [2.05, 4.69) is 16.9 Å². The summed E-state index contributed by atoms with van der Waals surface area (Å²) in [6.07, 6.45) is 3.32. The molecule has 2 aromatic carbocycles. The number of halogens is 1. The van der Waals surface area contributed by atoms with E-state index >= 15 is 0 Å². The van der Waals surface area contributed by atoms with Crippen molar-refractivity contribution in [3.8, 4) is 17.5 Å². The topological polar surface area (TPSA) is 65.8 Å². The van der Waals surface area contributed by atoms with Crippen molar-refractivity contribution in [3.63, 3.8) is 0 Å². The molecule has 0 saturated heterocycles. The minimum Gasteiger partial charge on any atom is -0.323 e. The van der Waals surface area contributed by atoms with E-state index in [-0.39, 0.29) is 22.6 Å². The molecule has 1 atom stereocenters. The molecule has 0 spiro atoms. The van der Waals surface area contributed by atoms with E-state index in [0.717, 1.165) is 0 Å². The Morgan fingerprint density at radius 2 is 1.90 bits per heavy atom. The molecule has 0 amide bonds. The van der Waals surface area contributed by atoms with Crippen molar-refractivity contribution in [2.24, 2.45) is 12.8 Å². The molecule has 5 nitrogen and oxygen atoms in total. The van der Waals surface area contributed by atoms with Crippen molar-refractivity contribution in [2.45, 2.75) is 13.0 Å². The van der Waals surface area contributed by atoms with Crippen LogP contribution in [0.1, 0.15) is 29.8 Å². The van der Waals surface area contributed by atoms with E-state index in [1.165, 1.54) is 10.6 Å². The summed E-state index contributed by atoms with van der Waals surface area (Å²) in [7, 11) is 1.78. The first-order valence-corrected chi connectivity index (χ1v) is 9.15. The Labute approximate surface area is 167 Å². The highest BCUT2D eigenvalue weighted by Gasteiger charge is 2.17. The SMILES string of the molecule is C[C@H](N)c1cc2ccc(F)c(C#Cc3cnn(C)c3)c2c(=O)n1-c1ccccc1. The molecular formula is C23H19FN4O. The lowest BCUT2D eigenvalue weighted by Gasteiger charge is -2.17. The van der Waals surface area contributed by atoms with Crippen molar-refractivity contribution in [1.29, 1.82) is 0 Å². The number of hydrogen-bond donors (Lipinski definition) is 1. The summed E-state index contributed by atoms with van der Waals surface area (Å²) < 4.78 is 17.8. The van der Waals surface area contributed by atoms with Crippen LogP contribution in [0.25, 0.3) is 16.5 Å². The van der Waals surface area contributed by atoms with E-state index in [1.54, 1.807) is 30.2 Å². The minimum atomic E-state index is -0.542. The Balaban J connectivity index is 2.05. The number of nitrogens with zero attached hydrogens (tertiary/aromatic N) is 3. The van der Waals surface area contributed by atoms with Crippen molar-refractivity contribution in [2.75, 3.05) is 0 Å². The predicted molar refractivity (Wildman–Crippen MR) is 111 cm³/mol. The first kappa shape index (κ1) is 18.7. The average molecular weight is 386 g/mol. The second-order valence-electron chi connectivity index (χ2n) is 6.87. The number of pyridine rings is 1. The fourth-order valence-electron chi connectivity index (χ4n) is 3.32. The van der Waals surface area contributed by atoms with Crippen LogP contribution in [-0.2, 0) is 7.05 Å². The van der Waals surface area contributed by atoms with Gasteiger partial charge < -0.3 is 5.73 Å². The van der Waals surface area contributed by atoms with Crippen LogP contribution in [0.3, 0.4) is 0 Å². The number of aryl methyl sites for hydroxylation is 1. The number of hydrogen-bond acceptors (Lipinski definition) is 3. The van der Waals surface area contributed by atoms with Gasteiger partial charge in [0.1, 0.15) is 5.82 Å². The van der Waals surface area contributed by atoms with Crippen LogP contribution in [0, 0.1) is 17.7 Å². The molecule has 2 aromatic heterocycles. The van der Waals surface area contributed by atoms with E-state index in [0.29, 0.717) is 22.3 Å². The average Bonchev–Trinajstić information content (AvgIpc) is 3.13. The molecule has 0 unspecified atom stereocenters. The Kier molecular flexibility index (Phi) is 4.75. The third-order valence-corrected chi connectivity index (χ3v) is 4.68. The van der Waals surface area contributed by atoms with Gasteiger partial charge in [-0.25, -0.2) is 4.39 Å². The van der Waals surface area contributed by atoms with Gasteiger partial charge in [-0.3, -0.25) is 14.0 Å². The lowest BCUT2D eigenvalue weighted by Crippen LogP contribution is -2.26. The molecule has 144 valence electrons. The van der Waals surface area contributed by atoms with Crippen LogP contribution in [0.15, 0.2) is 65.7 Å². The van der Waals surface area contributed by atoms with E-state index in [1.807, 2.05) is 43.3 Å². The van der Waals surface area contributed by atoms with Crippen molar-refractivity contribution in [3.05, 3.63) is 93.9 Å². The van der Waals surface area contributed by atoms with E-state index < -0.39 is 5.82 Å². The summed E-state index contributed by atoms with van der Waals surface area (Å²) in [6, 6.07) is 13.5. The molecule has 2 heterocycles. The molecule has 4 aromatic rings. The number of aromatic nitrogens is 3. The van der Waals surface area contributed by atoms with E-state index in [9.17, 15) is 9.18 Å². The fourth-order valence-corrected chi connectivity index (χ4v) is 3.32. The molecule has 0 aliphatic rings. The number of fused-ring (bicyclic) bond motifs is 1. The Hall–Kier alpha value is -3.69. The fraction of sp³-hybridized carbons (Fsp3) is 0.130. The predicted octanol–water partition coefficient (Wildman–Crippen LogP) is 3.28. The second-order valence-corrected chi connectivity index (χ2v) is 6.87. The zero-order valence-corrected chi connectivity index (χ0v) is 16.1. The minimum absolute atomic E-state index is 0.0669. The highest BCUT2D eigenvalue weighted by atomic mass is 19.1. The van der Waals surface area contributed by atoms with Crippen LogP contribution in [0.2, 0.25) is 0 Å². The molecule has 29 heavy (non-hydrogen) atoms. The third-order valence-electron chi connectivity index (χ3n) is 4.68. The zero-order valence-electron chi connectivity index (χ0n) is 16.1. The number of benzene rings is 2. The summed E-state index contributed by atoms with van der Waals surface area (Å²) in [6.45, 7) is 1.81. The van der Waals surface area contributed by atoms with Gasteiger partial charge in [0.05, 0.1) is 22.7 Å². The normalized spacial score (nSPS) is 11.9. The van der Waals surface area contributed by atoms with E-state index in [4.69, 9.17) is 5.73 Å². The monoisotopic (exact) mass is 386 g/mol. The summed E-state index contributed by atoms with van der Waals surface area (Å²) in [4.78, 5) is 13.5. The standard InChI is InChI=1S/C23H19FN4O/c1-15(25)21-12-17-9-11-20(24)19(10-8-16-13-26-27(2)14-16)22(17)23(29)28(21)18-6-4-3-5-7-18/h3-7,9,11-15H,25H2,1-2H3/t15-/m0/s1. The molecule has 2 N–H and O–H groups in total. The zero-order chi connectivity index (χ0) is 20.5.